The summed E-state index contributed by atoms with van der Waals surface area (Å²) < 4.78 is 5.23. The fourth-order valence-corrected chi connectivity index (χ4v) is 3.16. The summed E-state index contributed by atoms with van der Waals surface area (Å²) in [6, 6.07) is 8.50. The van der Waals surface area contributed by atoms with Crippen molar-refractivity contribution in [3.8, 4) is 11.1 Å². The molecule has 0 bridgehead atoms. The van der Waals surface area contributed by atoms with Crippen LogP contribution in [-0.4, -0.2) is 33.0 Å². The fourth-order valence-electron chi connectivity index (χ4n) is 3.16. The maximum atomic E-state index is 12.4. The van der Waals surface area contributed by atoms with Gasteiger partial charge in [-0.3, -0.25) is 9.89 Å². The van der Waals surface area contributed by atoms with Crippen molar-refractivity contribution in [2.45, 2.75) is 25.2 Å². The number of nitrogens with zero attached hydrogens (tertiary/aromatic N) is 2. The van der Waals surface area contributed by atoms with E-state index in [0.29, 0.717) is 30.8 Å². The van der Waals surface area contributed by atoms with Gasteiger partial charge in [0.1, 0.15) is 5.41 Å². The molecule has 134 valence electrons. The molecule has 4 rings (SSSR count). The number of H-pyrrole nitrogens is 1. The minimum absolute atomic E-state index is 0.219. The first kappa shape index (κ1) is 16.6. The summed E-state index contributed by atoms with van der Waals surface area (Å²) in [4.78, 5) is 17.0. The predicted octanol–water partition coefficient (Wildman–Crippen LogP) is 1.62. The molecule has 8 nitrogen and oxygen atoms in total. The van der Waals surface area contributed by atoms with Crippen LogP contribution < -0.4 is 5.23 Å². The van der Waals surface area contributed by atoms with Crippen LogP contribution in [0.2, 0.25) is 0 Å². The average molecular weight is 354 g/mol. The minimum atomic E-state index is -0.973. The summed E-state index contributed by atoms with van der Waals surface area (Å²) in [7, 11) is 0. The molecule has 0 saturated heterocycles. The maximum Gasteiger partial charge on any atom is 0.318 e. The quantitative estimate of drug-likeness (QED) is 0.474. The minimum Gasteiger partial charge on any atom is -0.595 e. The molecular weight excluding hydrogens is 336 g/mol. The molecule has 2 aromatic heterocycles. The van der Waals surface area contributed by atoms with Crippen LogP contribution in [0.15, 0.2) is 36.5 Å². The smallest absolute Gasteiger partial charge is 0.318 e. The number of hydrogen-bond acceptors (Lipinski definition) is 6. The number of pyridine rings is 1. The van der Waals surface area contributed by atoms with Crippen molar-refractivity contribution in [1.82, 2.24) is 15.2 Å². The second kappa shape index (κ2) is 6.17. The van der Waals surface area contributed by atoms with Gasteiger partial charge in [0.15, 0.2) is 11.3 Å². The second-order valence-electron chi connectivity index (χ2n) is 6.37. The van der Waals surface area contributed by atoms with Gasteiger partial charge in [-0.25, -0.2) is 10.2 Å². The Bertz CT molecular complexity index is 961. The van der Waals surface area contributed by atoms with E-state index < -0.39 is 10.6 Å². The van der Waals surface area contributed by atoms with E-state index in [1.54, 1.807) is 37.4 Å². The molecule has 1 aliphatic rings. The Morgan fingerprint density at radius 1 is 1.38 bits per heavy atom. The summed E-state index contributed by atoms with van der Waals surface area (Å²) in [6.45, 7) is 2.12. The van der Waals surface area contributed by atoms with Crippen molar-refractivity contribution in [3.63, 3.8) is 0 Å². The third-order valence-electron chi connectivity index (χ3n) is 4.77. The molecular formula is C18H18N4O4. The van der Waals surface area contributed by atoms with Gasteiger partial charge in [0.2, 0.25) is 0 Å². The Hall–Kier alpha value is -2.81. The van der Waals surface area contributed by atoms with Gasteiger partial charge < -0.3 is 9.94 Å². The van der Waals surface area contributed by atoms with Gasteiger partial charge >= 0.3 is 5.97 Å². The molecule has 1 saturated carbocycles. The lowest BCUT2D eigenvalue weighted by Gasteiger charge is -2.15. The first-order valence-electron chi connectivity index (χ1n) is 8.41. The third kappa shape index (κ3) is 2.64. The monoisotopic (exact) mass is 354 g/mol. The van der Waals surface area contributed by atoms with E-state index in [9.17, 15) is 10.0 Å². The van der Waals surface area contributed by atoms with E-state index in [1.165, 1.54) is 0 Å². The molecule has 1 aromatic carbocycles. The van der Waals surface area contributed by atoms with Crippen molar-refractivity contribution < 1.29 is 20.0 Å². The second-order valence-corrected chi connectivity index (χ2v) is 6.37. The number of esters is 1. The number of aromatic nitrogens is 3. The molecule has 8 heteroatoms. The van der Waals surface area contributed by atoms with Crippen LogP contribution in [0, 0.1) is 5.21 Å². The van der Waals surface area contributed by atoms with Crippen LogP contribution in [-0.2, 0) is 14.9 Å². The number of nitrogens with one attached hydrogen (secondary N) is 2. The lowest BCUT2D eigenvalue weighted by molar-refractivity contribution is -0.991. The molecule has 1 atom stereocenters. The molecule has 0 spiro atoms. The fraction of sp³-hybridized carbons (Fsp3) is 0.278. The van der Waals surface area contributed by atoms with E-state index in [-0.39, 0.29) is 11.7 Å². The van der Waals surface area contributed by atoms with Gasteiger partial charge in [0, 0.05) is 17.5 Å². The lowest BCUT2D eigenvalue weighted by atomic mass is 9.96. The first-order chi connectivity index (χ1) is 12.5. The van der Waals surface area contributed by atoms with Crippen LogP contribution in [0.1, 0.15) is 25.5 Å². The first-order valence-corrected chi connectivity index (χ1v) is 8.41. The molecule has 3 N–H and O–H groups in total. The zero-order valence-electron chi connectivity index (χ0n) is 14.2. The van der Waals surface area contributed by atoms with Gasteiger partial charge in [-0.05, 0) is 49.1 Å². The van der Waals surface area contributed by atoms with Gasteiger partial charge in [-0.15, -0.1) is 0 Å². The van der Waals surface area contributed by atoms with Crippen LogP contribution in [0.4, 0.5) is 5.69 Å². The predicted molar refractivity (Wildman–Crippen MR) is 92.6 cm³/mol. The number of ether oxygens (including phenoxy) is 1. The van der Waals surface area contributed by atoms with Gasteiger partial charge in [0.05, 0.1) is 18.5 Å². The zero-order chi connectivity index (χ0) is 18.3. The summed E-state index contributed by atoms with van der Waals surface area (Å²) >= 11 is 0. The molecule has 2 heterocycles. The Kier molecular flexibility index (Phi) is 3.95. The summed E-state index contributed by atoms with van der Waals surface area (Å²) in [5.74, 6) is -0.251. The van der Waals surface area contributed by atoms with Gasteiger partial charge in [0.25, 0.3) is 0 Å². The van der Waals surface area contributed by atoms with Crippen LogP contribution in [0.25, 0.3) is 22.2 Å². The Balaban J connectivity index is 1.82. The molecule has 26 heavy (non-hydrogen) atoms. The number of carbonyl (C=O) groups excluding carboxylic acids is 1. The molecule has 0 aliphatic heterocycles. The SMILES string of the molecule is CCOC(=O)C1(c2cc(-c3ccc([NH+]([O-])O)cc3)c3cn[nH]c3n2)CC1. The van der Waals surface area contributed by atoms with Crippen LogP contribution in [0.3, 0.4) is 0 Å². The van der Waals surface area contributed by atoms with E-state index in [4.69, 9.17) is 9.94 Å². The number of carbonyl (C=O) groups is 1. The van der Waals surface area contributed by atoms with Crippen molar-refractivity contribution >= 4 is 22.7 Å². The Morgan fingerprint density at radius 2 is 2.12 bits per heavy atom. The molecule has 1 unspecified atom stereocenters. The van der Waals surface area contributed by atoms with E-state index in [1.807, 2.05) is 6.07 Å². The van der Waals surface area contributed by atoms with E-state index in [2.05, 4.69) is 15.2 Å². The Morgan fingerprint density at radius 3 is 2.73 bits per heavy atom. The van der Waals surface area contributed by atoms with Crippen molar-refractivity contribution in [1.29, 1.82) is 0 Å². The highest BCUT2D eigenvalue weighted by Gasteiger charge is 2.54. The van der Waals surface area contributed by atoms with Crippen molar-refractivity contribution in [2.24, 2.45) is 0 Å². The molecule has 1 aliphatic carbocycles. The molecule has 0 radical (unpaired) electrons. The number of quaternary nitrogens is 1. The molecule has 1 fully saturated rings. The average Bonchev–Trinajstić information content (AvgIpc) is 3.32. The lowest BCUT2D eigenvalue weighted by Crippen LogP contribution is -2.99. The van der Waals surface area contributed by atoms with Crippen LogP contribution >= 0.6 is 0 Å². The third-order valence-corrected chi connectivity index (χ3v) is 4.77. The van der Waals surface area contributed by atoms with Gasteiger partial charge in [-0.2, -0.15) is 10.3 Å². The normalized spacial score (nSPS) is 16.4. The number of hydrogen-bond donors (Lipinski definition) is 3. The number of benzene rings is 1. The zero-order valence-corrected chi connectivity index (χ0v) is 14.2. The standard InChI is InChI=1S/C18H18N4O4/c1-2-26-17(23)18(7-8-18)15-9-13(14-10-19-21-16(14)20-15)11-3-5-12(6-4-11)22(24)25/h3-6,9-10,22,24H,2,7-8H2,1H3,(H,19,20,21). The maximum absolute atomic E-state index is 12.4. The summed E-state index contributed by atoms with van der Waals surface area (Å²) in [6.07, 6.45) is 3.09. The molecule has 0 amide bonds. The number of fused-ring (bicyclic) bond motifs is 1. The highest BCUT2D eigenvalue weighted by molar-refractivity contribution is 5.94. The number of rotatable bonds is 5. The van der Waals surface area contributed by atoms with E-state index in [0.717, 1.165) is 16.5 Å². The van der Waals surface area contributed by atoms with Crippen molar-refractivity contribution in [2.75, 3.05) is 6.61 Å². The van der Waals surface area contributed by atoms with Crippen molar-refractivity contribution in [3.05, 3.63) is 47.4 Å². The Labute approximate surface area is 149 Å². The van der Waals surface area contributed by atoms with E-state index >= 15 is 0 Å². The largest absolute Gasteiger partial charge is 0.595 e. The molecule has 3 aromatic rings. The highest BCUT2D eigenvalue weighted by Crippen LogP contribution is 2.49. The van der Waals surface area contributed by atoms with Crippen LogP contribution in [0.5, 0.6) is 0 Å². The highest BCUT2D eigenvalue weighted by atomic mass is 16.8. The van der Waals surface area contributed by atoms with Gasteiger partial charge in [-0.1, -0.05) is 0 Å². The summed E-state index contributed by atoms with van der Waals surface area (Å²) in [5, 5.41) is 26.9. The topological polar surface area (TPSA) is 116 Å². The number of aromatic amines is 1. The summed E-state index contributed by atoms with van der Waals surface area (Å²) in [5.41, 5.74) is 2.47.